The molecular weight excluding hydrogens is 753 g/mol. The molecule has 8 N–H and O–H groups in total. The van der Waals surface area contributed by atoms with Gasteiger partial charge < -0.3 is 22.9 Å². The van der Waals surface area contributed by atoms with Gasteiger partial charge in [0, 0.05) is 29.3 Å². The maximum Gasteiger partial charge on any atom is 0.292 e. The number of hydrogen-bond donors (Lipinski definition) is 4. The molecule has 224 valence electrons. The summed E-state index contributed by atoms with van der Waals surface area (Å²) in [5, 5.41) is 25.3. The van der Waals surface area contributed by atoms with Crippen molar-refractivity contribution in [1.82, 2.24) is 0 Å². The van der Waals surface area contributed by atoms with Gasteiger partial charge in [0.2, 0.25) is 0 Å². The van der Waals surface area contributed by atoms with E-state index in [1.165, 1.54) is 30.3 Å². The quantitative estimate of drug-likeness (QED) is 0.0496. The number of rotatable bonds is 1. The number of benzene rings is 4. The van der Waals surface area contributed by atoms with Crippen molar-refractivity contribution in [3.63, 3.8) is 0 Å². The fourth-order valence-corrected chi connectivity index (χ4v) is 4.09. The average molecular weight is 774 g/mol. The molecule has 0 saturated heterocycles. The first kappa shape index (κ1) is 33.1. The van der Waals surface area contributed by atoms with E-state index in [0.29, 0.717) is 32.5 Å². The Kier molecular flexibility index (Phi) is 11.3. The Morgan fingerprint density at radius 1 is 0.721 bits per heavy atom. The Morgan fingerprint density at radius 3 is 1.84 bits per heavy atom. The topological polar surface area (TPSA) is 197 Å². The van der Waals surface area contributed by atoms with Crippen LogP contribution in [0.1, 0.15) is 11.1 Å². The molecule has 0 spiro atoms. The van der Waals surface area contributed by atoms with Crippen molar-refractivity contribution < 1.29 is 22.5 Å². The average Bonchev–Trinajstić information content (AvgIpc) is 3.58. The lowest BCUT2D eigenvalue weighted by Gasteiger charge is -2.00. The van der Waals surface area contributed by atoms with E-state index in [4.69, 9.17) is 22.9 Å². The first-order valence-corrected chi connectivity index (χ1v) is 13.6. The second-order valence-electron chi connectivity index (χ2n) is 8.55. The van der Waals surface area contributed by atoms with Gasteiger partial charge in [0.15, 0.2) is 0 Å². The lowest BCUT2D eigenvalue weighted by molar-refractivity contribution is -0.383. The van der Waals surface area contributed by atoms with Crippen LogP contribution in [0.3, 0.4) is 0 Å². The molecule has 43 heavy (non-hydrogen) atoms. The molecule has 0 aromatic heterocycles. The molecule has 0 radical (unpaired) electrons. The van der Waals surface area contributed by atoms with Gasteiger partial charge in [-0.15, -0.1) is 0 Å². The SMILES string of the molecule is Fc1cc2c(cc1I)N=NC2.Nc1cc(F)c(Br)cc1N.Nc1cc(F)ccc1[N+](=O)[O-].Nc1cc2c(cc1F)CN=N2. The maximum absolute atomic E-state index is 12.9. The fraction of sp³-hybridized carbons (Fsp3) is 0.0769. The van der Waals surface area contributed by atoms with Gasteiger partial charge in [-0.05, 0) is 74.9 Å². The van der Waals surface area contributed by atoms with Crippen LogP contribution in [0.5, 0.6) is 0 Å². The van der Waals surface area contributed by atoms with Crippen molar-refractivity contribution in [2.24, 2.45) is 20.5 Å². The molecule has 0 atom stereocenters. The summed E-state index contributed by atoms with van der Waals surface area (Å²) in [6.07, 6.45) is 0. The third kappa shape index (κ3) is 9.05. The largest absolute Gasteiger partial charge is 0.397 e. The molecule has 0 amide bonds. The number of nitro groups is 1. The predicted octanol–water partition coefficient (Wildman–Crippen LogP) is 8.10. The number of halogens is 6. The summed E-state index contributed by atoms with van der Waals surface area (Å²) in [6, 6.07) is 11.6. The van der Waals surface area contributed by atoms with Crippen molar-refractivity contribution in [3.05, 3.63) is 107 Å². The Hall–Kier alpha value is -4.39. The number of nitrogens with zero attached hydrogens (tertiary/aromatic N) is 5. The molecule has 6 rings (SSSR count). The van der Waals surface area contributed by atoms with Gasteiger partial charge in [-0.1, -0.05) is 0 Å². The third-order valence-corrected chi connectivity index (χ3v) is 6.91. The van der Waals surface area contributed by atoms with Gasteiger partial charge in [-0.25, -0.2) is 17.6 Å². The first-order chi connectivity index (χ1) is 20.3. The second kappa shape index (κ2) is 14.7. The molecule has 17 heteroatoms. The highest BCUT2D eigenvalue weighted by Crippen LogP contribution is 2.31. The van der Waals surface area contributed by atoms with Crippen LogP contribution in [0.4, 0.5) is 57.4 Å². The normalized spacial score (nSPS) is 11.7. The molecule has 0 saturated carbocycles. The molecule has 4 aromatic carbocycles. The lowest BCUT2D eigenvalue weighted by Crippen LogP contribution is -1.95. The van der Waals surface area contributed by atoms with Crippen LogP contribution in [0.25, 0.3) is 0 Å². The Labute approximate surface area is 263 Å². The monoisotopic (exact) mass is 773 g/mol. The van der Waals surface area contributed by atoms with Gasteiger partial charge in [-0.3, -0.25) is 10.1 Å². The van der Waals surface area contributed by atoms with E-state index in [2.05, 4.69) is 36.4 Å². The predicted molar refractivity (Wildman–Crippen MR) is 167 cm³/mol. The van der Waals surface area contributed by atoms with Crippen LogP contribution in [0.15, 0.2) is 79.5 Å². The molecule has 0 aliphatic carbocycles. The maximum atomic E-state index is 12.9. The van der Waals surface area contributed by atoms with Gasteiger partial charge in [0.1, 0.15) is 29.0 Å². The smallest absolute Gasteiger partial charge is 0.292 e. The van der Waals surface area contributed by atoms with Crippen LogP contribution < -0.4 is 22.9 Å². The second-order valence-corrected chi connectivity index (χ2v) is 10.6. The van der Waals surface area contributed by atoms with E-state index in [1.54, 1.807) is 6.07 Å². The molecule has 0 bridgehead atoms. The summed E-state index contributed by atoms with van der Waals surface area (Å²) in [6.45, 7) is 0.982. The standard InChI is InChI=1S/C7H4FIN2.C7H6FN3.C6H6BrFN2.C6H5FN2O2/c2*8-5-1-4-3-10-11-7(4)2-6(5)9;7-3-1-5(9)6(10)2-4(3)8;7-4-1-2-6(9(10)11)5(8)3-4/h1-2H,3H2;1-2H,3,9H2;1-2H,9-10H2;1-3H,8H2. The fourth-order valence-electron chi connectivity index (χ4n) is 3.28. The zero-order valence-electron chi connectivity index (χ0n) is 21.7. The first-order valence-electron chi connectivity index (χ1n) is 11.8. The highest BCUT2D eigenvalue weighted by atomic mass is 127. The van der Waals surface area contributed by atoms with Crippen LogP contribution in [-0.4, -0.2) is 4.92 Å². The Morgan fingerprint density at radius 2 is 1.28 bits per heavy atom. The molecule has 0 fully saturated rings. The van der Waals surface area contributed by atoms with Crippen molar-refractivity contribution in [3.8, 4) is 0 Å². The van der Waals surface area contributed by atoms with E-state index in [1.807, 2.05) is 22.6 Å². The van der Waals surface area contributed by atoms with Crippen LogP contribution in [-0.2, 0) is 13.1 Å². The summed E-state index contributed by atoms with van der Waals surface area (Å²) < 4.78 is 51.5. The van der Waals surface area contributed by atoms with Crippen molar-refractivity contribution in [2.45, 2.75) is 13.1 Å². The zero-order chi connectivity index (χ0) is 31.8. The minimum absolute atomic E-state index is 0.129. The van der Waals surface area contributed by atoms with Gasteiger partial charge in [0.05, 0.1) is 54.5 Å². The number of hydrogen-bond acceptors (Lipinski definition) is 10. The number of nitrogen functional groups attached to an aromatic ring is 4. The van der Waals surface area contributed by atoms with E-state index >= 15 is 0 Å². The highest BCUT2D eigenvalue weighted by molar-refractivity contribution is 14.1. The van der Waals surface area contributed by atoms with Crippen LogP contribution >= 0.6 is 38.5 Å². The number of azo groups is 2. The molecule has 4 aromatic rings. The molecule has 2 heterocycles. The van der Waals surface area contributed by atoms with Gasteiger partial charge in [-0.2, -0.15) is 20.5 Å². The lowest BCUT2D eigenvalue weighted by atomic mass is 10.1. The van der Waals surface area contributed by atoms with Crippen molar-refractivity contribution in [2.75, 3.05) is 22.9 Å². The van der Waals surface area contributed by atoms with E-state index in [9.17, 15) is 27.7 Å². The van der Waals surface area contributed by atoms with Crippen molar-refractivity contribution in [1.29, 1.82) is 0 Å². The number of fused-ring (bicyclic) bond motifs is 2. The number of anilines is 4. The molecule has 0 unspecified atom stereocenters. The summed E-state index contributed by atoms with van der Waals surface area (Å²) in [5.74, 6) is -1.55. The van der Waals surface area contributed by atoms with Crippen molar-refractivity contribution >= 4 is 78.3 Å². The van der Waals surface area contributed by atoms with Crippen LogP contribution in [0, 0.1) is 37.0 Å². The number of nitro benzene ring substituents is 1. The third-order valence-electron chi connectivity index (χ3n) is 5.47. The molecule has 2 aliphatic heterocycles. The minimum atomic E-state index is -0.658. The summed E-state index contributed by atoms with van der Waals surface area (Å²) in [5.41, 5.74) is 24.6. The van der Waals surface area contributed by atoms with Gasteiger partial charge >= 0.3 is 0 Å². The summed E-state index contributed by atoms with van der Waals surface area (Å²) in [7, 11) is 0. The van der Waals surface area contributed by atoms with E-state index < -0.39 is 22.4 Å². The van der Waals surface area contributed by atoms with Gasteiger partial charge in [0.25, 0.3) is 5.69 Å². The van der Waals surface area contributed by atoms with E-state index in [0.717, 1.165) is 35.0 Å². The molecule has 2 aliphatic rings. The minimum Gasteiger partial charge on any atom is -0.397 e. The zero-order valence-corrected chi connectivity index (χ0v) is 25.5. The molecular formula is C26H21BrF4IN9O2. The summed E-state index contributed by atoms with van der Waals surface area (Å²) >= 11 is 4.91. The summed E-state index contributed by atoms with van der Waals surface area (Å²) in [4.78, 5) is 9.48. The van der Waals surface area contributed by atoms with E-state index in [-0.39, 0.29) is 28.6 Å². The van der Waals surface area contributed by atoms with Crippen LogP contribution in [0.2, 0.25) is 0 Å². The number of nitrogens with two attached hydrogens (primary N) is 4. The Bertz CT molecular complexity index is 1620. The highest BCUT2D eigenvalue weighted by Gasteiger charge is 2.12. The Balaban J connectivity index is 0.000000157. The molecule has 11 nitrogen and oxygen atoms in total.